The number of sulfonamides is 1. The van der Waals surface area contributed by atoms with Gasteiger partial charge in [-0.2, -0.15) is 4.31 Å². The van der Waals surface area contributed by atoms with Crippen LogP contribution < -0.4 is 14.8 Å². The molecule has 1 aliphatic heterocycles. The number of nitrogens with one attached hydrogen (secondary N) is 1. The molecule has 1 unspecified atom stereocenters. The Hall–Kier alpha value is -2.59. The first-order chi connectivity index (χ1) is 14.3. The number of aryl methyl sites for hydroxylation is 1. The minimum atomic E-state index is -3.69. The van der Waals surface area contributed by atoms with E-state index in [9.17, 15) is 13.2 Å². The Morgan fingerprint density at radius 2 is 2.03 bits per heavy atom. The number of hydrogen-bond donors (Lipinski definition) is 1. The highest BCUT2D eigenvalue weighted by molar-refractivity contribution is 7.89. The molecule has 0 radical (unpaired) electrons. The van der Waals surface area contributed by atoms with Gasteiger partial charge in [0.05, 0.1) is 26.5 Å². The summed E-state index contributed by atoms with van der Waals surface area (Å²) in [5.74, 6) is 0.796. The average molecular weight is 437 g/mol. The summed E-state index contributed by atoms with van der Waals surface area (Å²) in [4.78, 5) is 16.6. The van der Waals surface area contributed by atoms with E-state index >= 15 is 0 Å². The first-order valence-corrected chi connectivity index (χ1v) is 11.3. The van der Waals surface area contributed by atoms with Gasteiger partial charge in [-0.15, -0.1) is 0 Å². The van der Waals surface area contributed by atoms with Crippen LogP contribution in [0.15, 0.2) is 35.7 Å². The Balaban J connectivity index is 1.55. The van der Waals surface area contributed by atoms with Crippen LogP contribution in [0.4, 0.5) is 0 Å². The first kappa shape index (κ1) is 22.1. The highest BCUT2D eigenvalue weighted by Gasteiger charge is 2.34. The predicted octanol–water partition coefficient (Wildman–Crippen LogP) is 1.20. The van der Waals surface area contributed by atoms with Gasteiger partial charge in [-0.05, 0) is 37.0 Å². The zero-order valence-corrected chi connectivity index (χ0v) is 18.3. The number of methoxy groups -OCH3 is 2. The third kappa shape index (κ3) is 4.93. The molecule has 2 aromatic rings. The lowest BCUT2D eigenvalue weighted by Crippen LogP contribution is -2.45. The molecule has 9 nitrogen and oxygen atoms in total. The van der Waals surface area contributed by atoms with Gasteiger partial charge in [0.2, 0.25) is 5.91 Å². The summed E-state index contributed by atoms with van der Waals surface area (Å²) in [6.45, 7) is 1.02. The minimum Gasteiger partial charge on any atom is -0.493 e. The molecule has 1 fully saturated rings. The fraction of sp³-hybridized carbons (Fsp3) is 0.500. The predicted molar refractivity (Wildman–Crippen MR) is 111 cm³/mol. The molecule has 10 heteroatoms. The standard InChI is InChI=1S/C20H28N4O5S/c1-23-13-19(22-14-23)30(26,27)24-10-4-5-16(12-24)20(25)21-9-8-15-6-7-17(28-2)18(11-15)29-3/h6-7,11,13-14,16H,4-5,8-10,12H2,1-3H3,(H,21,25). The van der Waals surface area contributed by atoms with Crippen LogP contribution in [0, 0.1) is 5.92 Å². The maximum Gasteiger partial charge on any atom is 0.262 e. The Morgan fingerprint density at radius 1 is 1.27 bits per heavy atom. The number of aromatic nitrogens is 2. The quantitative estimate of drug-likeness (QED) is 0.667. The third-order valence-electron chi connectivity index (χ3n) is 5.20. The molecule has 1 aliphatic rings. The van der Waals surface area contributed by atoms with Crippen molar-refractivity contribution in [2.45, 2.75) is 24.3 Å². The van der Waals surface area contributed by atoms with Gasteiger partial charge in [0.15, 0.2) is 16.5 Å². The fourth-order valence-electron chi connectivity index (χ4n) is 3.54. The maximum absolute atomic E-state index is 12.8. The lowest BCUT2D eigenvalue weighted by molar-refractivity contribution is -0.126. The molecule has 1 aromatic heterocycles. The molecular weight excluding hydrogens is 408 g/mol. The van der Waals surface area contributed by atoms with Crippen LogP contribution in [0.25, 0.3) is 0 Å². The second-order valence-corrected chi connectivity index (χ2v) is 9.19. The largest absolute Gasteiger partial charge is 0.493 e. The molecule has 1 saturated heterocycles. The zero-order chi connectivity index (χ0) is 21.7. The van der Waals surface area contributed by atoms with Crippen LogP contribution in [-0.2, 0) is 28.3 Å². The summed E-state index contributed by atoms with van der Waals surface area (Å²) in [7, 11) is 1.19. The van der Waals surface area contributed by atoms with Gasteiger partial charge in [-0.3, -0.25) is 4.79 Å². The Labute approximate surface area is 177 Å². The van der Waals surface area contributed by atoms with E-state index in [2.05, 4.69) is 10.3 Å². The van der Waals surface area contributed by atoms with E-state index in [4.69, 9.17) is 9.47 Å². The van der Waals surface area contributed by atoms with Gasteiger partial charge in [0.25, 0.3) is 10.0 Å². The highest BCUT2D eigenvalue weighted by atomic mass is 32.2. The minimum absolute atomic E-state index is 0.0134. The first-order valence-electron chi connectivity index (χ1n) is 9.82. The smallest absolute Gasteiger partial charge is 0.262 e. The van der Waals surface area contributed by atoms with Crippen molar-refractivity contribution in [3.63, 3.8) is 0 Å². The van der Waals surface area contributed by atoms with E-state index in [0.29, 0.717) is 43.9 Å². The zero-order valence-electron chi connectivity index (χ0n) is 17.5. The highest BCUT2D eigenvalue weighted by Crippen LogP contribution is 2.27. The molecule has 0 saturated carbocycles. The van der Waals surface area contributed by atoms with Crippen LogP contribution >= 0.6 is 0 Å². The van der Waals surface area contributed by atoms with Crippen molar-refractivity contribution in [3.05, 3.63) is 36.3 Å². The Morgan fingerprint density at radius 3 is 2.70 bits per heavy atom. The molecule has 1 aromatic carbocycles. The topological polar surface area (TPSA) is 103 Å². The number of rotatable bonds is 8. The third-order valence-corrected chi connectivity index (χ3v) is 6.95. The number of piperidine rings is 1. The molecule has 1 amide bonds. The van der Waals surface area contributed by atoms with Crippen molar-refractivity contribution in [2.75, 3.05) is 33.9 Å². The lowest BCUT2D eigenvalue weighted by Gasteiger charge is -2.30. The van der Waals surface area contributed by atoms with Crippen molar-refractivity contribution >= 4 is 15.9 Å². The van der Waals surface area contributed by atoms with Gasteiger partial charge >= 0.3 is 0 Å². The number of imidazole rings is 1. The van der Waals surface area contributed by atoms with Gasteiger partial charge in [0.1, 0.15) is 0 Å². The second-order valence-electron chi connectivity index (χ2n) is 7.31. The number of carbonyl (C=O) groups is 1. The summed E-state index contributed by atoms with van der Waals surface area (Å²) < 4.78 is 39.0. The number of benzene rings is 1. The number of hydrogen-bond acceptors (Lipinski definition) is 6. The van der Waals surface area contributed by atoms with Crippen molar-refractivity contribution in [2.24, 2.45) is 13.0 Å². The number of nitrogens with zero attached hydrogens (tertiary/aromatic N) is 3. The van der Waals surface area contributed by atoms with Gasteiger partial charge in [-0.1, -0.05) is 6.07 Å². The average Bonchev–Trinajstić information content (AvgIpc) is 3.20. The van der Waals surface area contributed by atoms with Crippen LogP contribution in [0.1, 0.15) is 18.4 Å². The molecule has 0 aliphatic carbocycles. The normalized spacial score (nSPS) is 17.5. The molecule has 3 rings (SSSR count). The molecule has 1 N–H and O–H groups in total. The van der Waals surface area contributed by atoms with Crippen LogP contribution in [-0.4, -0.2) is 62.0 Å². The van der Waals surface area contributed by atoms with E-state index in [1.807, 2.05) is 18.2 Å². The number of amides is 1. The summed E-state index contributed by atoms with van der Waals surface area (Å²) in [6, 6.07) is 5.64. The molecule has 0 bridgehead atoms. The molecule has 0 spiro atoms. The monoisotopic (exact) mass is 436 g/mol. The van der Waals surface area contributed by atoms with Crippen molar-refractivity contribution in [1.29, 1.82) is 0 Å². The van der Waals surface area contributed by atoms with Crippen molar-refractivity contribution in [1.82, 2.24) is 19.2 Å². The number of carbonyl (C=O) groups excluding carboxylic acids is 1. The molecule has 2 heterocycles. The van der Waals surface area contributed by atoms with Gasteiger partial charge < -0.3 is 19.4 Å². The van der Waals surface area contributed by atoms with E-state index in [0.717, 1.165) is 5.56 Å². The Kier molecular flexibility index (Phi) is 6.99. The van der Waals surface area contributed by atoms with Gasteiger partial charge in [0, 0.05) is 32.9 Å². The number of ether oxygens (including phenoxy) is 2. The van der Waals surface area contributed by atoms with Crippen LogP contribution in [0.2, 0.25) is 0 Å². The van der Waals surface area contributed by atoms with Gasteiger partial charge in [-0.25, -0.2) is 13.4 Å². The second kappa shape index (κ2) is 9.48. The van der Waals surface area contributed by atoms with E-state index in [-0.39, 0.29) is 23.4 Å². The Bertz CT molecular complexity index is 989. The van der Waals surface area contributed by atoms with Crippen molar-refractivity contribution in [3.8, 4) is 11.5 Å². The van der Waals surface area contributed by atoms with Crippen LogP contribution in [0.3, 0.4) is 0 Å². The summed E-state index contributed by atoms with van der Waals surface area (Å²) in [5.41, 5.74) is 1.01. The summed E-state index contributed by atoms with van der Waals surface area (Å²) in [5, 5.41) is 2.94. The maximum atomic E-state index is 12.8. The molecule has 164 valence electrons. The van der Waals surface area contributed by atoms with E-state index in [1.54, 1.807) is 25.8 Å². The molecular formula is C20H28N4O5S. The van der Waals surface area contributed by atoms with Crippen LogP contribution in [0.5, 0.6) is 11.5 Å². The fourth-order valence-corrected chi connectivity index (χ4v) is 5.03. The van der Waals surface area contributed by atoms with Crippen molar-refractivity contribution < 1.29 is 22.7 Å². The summed E-state index contributed by atoms with van der Waals surface area (Å²) >= 11 is 0. The summed E-state index contributed by atoms with van der Waals surface area (Å²) in [6.07, 6.45) is 4.86. The molecule has 1 atom stereocenters. The molecule has 30 heavy (non-hydrogen) atoms. The van der Waals surface area contributed by atoms with E-state index < -0.39 is 10.0 Å². The lowest BCUT2D eigenvalue weighted by atomic mass is 9.99. The van der Waals surface area contributed by atoms with E-state index in [1.165, 1.54) is 16.8 Å². The SMILES string of the molecule is COc1ccc(CCNC(=O)C2CCCN(S(=O)(=O)c3cn(C)cn3)C2)cc1OC.